The zero-order valence-electron chi connectivity index (χ0n) is 7.03. The molecule has 0 spiro atoms. The number of nitrogens with zero attached hydrogens (tertiary/aromatic N) is 2. The van der Waals surface area contributed by atoms with Gasteiger partial charge in [0.15, 0.2) is 0 Å². The van der Waals surface area contributed by atoms with Crippen molar-refractivity contribution in [1.82, 2.24) is 15.2 Å². The normalized spacial score (nSPS) is 29.4. The molecule has 4 heteroatoms. The van der Waals surface area contributed by atoms with Crippen LogP contribution < -0.4 is 5.73 Å². The van der Waals surface area contributed by atoms with Gasteiger partial charge in [0, 0.05) is 12.5 Å². The number of hydrogen-bond acceptors (Lipinski definition) is 3. The van der Waals surface area contributed by atoms with Gasteiger partial charge in [-0.25, -0.2) is 4.98 Å². The molecule has 1 saturated carbocycles. The Bertz CT molecular complexity index is 231. The third-order valence-electron chi connectivity index (χ3n) is 2.53. The number of nitrogens with two attached hydrogens (primary N) is 1. The summed E-state index contributed by atoms with van der Waals surface area (Å²) in [6.45, 7) is 0. The monoisotopic (exact) mass is 166 g/mol. The van der Waals surface area contributed by atoms with E-state index in [2.05, 4.69) is 15.2 Å². The maximum Gasteiger partial charge on any atom is 0.137 e. The summed E-state index contributed by atoms with van der Waals surface area (Å²) in [5.41, 5.74) is 5.81. The van der Waals surface area contributed by atoms with Crippen molar-refractivity contribution < 1.29 is 0 Å². The SMILES string of the molecule is NC1CCC(Cc2ncn[nH]2)C1. The number of nitrogens with one attached hydrogen (secondary N) is 1. The second-order valence-electron chi connectivity index (χ2n) is 3.58. The summed E-state index contributed by atoms with van der Waals surface area (Å²) >= 11 is 0. The van der Waals surface area contributed by atoms with E-state index in [-0.39, 0.29) is 0 Å². The molecule has 1 aromatic heterocycles. The molecule has 2 rings (SSSR count). The fourth-order valence-corrected chi connectivity index (χ4v) is 1.90. The largest absolute Gasteiger partial charge is 0.328 e. The molecule has 4 nitrogen and oxygen atoms in total. The van der Waals surface area contributed by atoms with Crippen LogP contribution in [0.4, 0.5) is 0 Å². The average molecular weight is 166 g/mol. The zero-order valence-corrected chi connectivity index (χ0v) is 7.03. The summed E-state index contributed by atoms with van der Waals surface area (Å²) < 4.78 is 0. The van der Waals surface area contributed by atoms with E-state index < -0.39 is 0 Å². The van der Waals surface area contributed by atoms with Crippen LogP contribution in [0.15, 0.2) is 6.33 Å². The standard InChI is InChI=1S/C8H14N4/c9-7-2-1-6(3-7)4-8-10-5-11-12-8/h5-7H,1-4,9H2,(H,10,11,12). The van der Waals surface area contributed by atoms with Crippen molar-refractivity contribution in [2.45, 2.75) is 31.7 Å². The molecule has 12 heavy (non-hydrogen) atoms. The van der Waals surface area contributed by atoms with Crippen LogP contribution >= 0.6 is 0 Å². The topological polar surface area (TPSA) is 67.6 Å². The van der Waals surface area contributed by atoms with Gasteiger partial charge in [-0.05, 0) is 25.2 Å². The Hall–Kier alpha value is -0.900. The molecule has 0 bridgehead atoms. The van der Waals surface area contributed by atoms with Gasteiger partial charge in [0.2, 0.25) is 0 Å². The van der Waals surface area contributed by atoms with Gasteiger partial charge in [0.1, 0.15) is 12.2 Å². The van der Waals surface area contributed by atoms with Gasteiger partial charge < -0.3 is 5.73 Å². The molecule has 0 saturated heterocycles. The molecule has 2 unspecified atom stereocenters. The third kappa shape index (κ3) is 1.64. The minimum absolute atomic E-state index is 0.415. The molecule has 66 valence electrons. The van der Waals surface area contributed by atoms with Crippen LogP contribution in [0.25, 0.3) is 0 Å². The molecule has 0 aliphatic heterocycles. The number of aromatic amines is 1. The second kappa shape index (κ2) is 3.23. The first-order chi connectivity index (χ1) is 5.84. The van der Waals surface area contributed by atoms with Crippen molar-refractivity contribution in [3.05, 3.63) is 12.2 Å². The lowest BCUT2D eigenvalue weighted by atomic mass is 10.0. The highest BCUT2D eigenvalue weighted by molar-refractivity contribution is 4.88. The smallest absolute Gasteiger partial charge is 0.137 e. The summed E-state index contributed by atoms with van der Waals surface area (Å²) in [5.74, 6) is 1.71. The molecular weight excluding hydrogens is 152 g/mol. The number of rotatable bonds is 2. The molecule has 3 N–H and O–H groups in total. The Kier molecular flexibility index (Phi) is 2.08. The Balaban J connectivity index is 1.88. The molecule has 1 aliphatic carbocycles. The van der Waals surface area contributed by atoms with E-state index in [0.717, 1.165) is 18.7 Å². The molecule has 1 aromatic rings. The molecular formula is C8H14N4. The Morgan fingerprint density at radius 1 is 1.58 bits per heavy atom. The number of hydrogen-bond donors (Lipinski definition) is 2. The lowest BCUT2D eigenvalue weighted by Crippen LogP contribution is -2.15. The summed E-state index contributed by atoms with van der Waals surface area (Å²) in [7, 11) is 0. The van der Waals surface area contributed by atoms with Gasteiger partial charge in [-0.1, -0.05) is 0 Å². The van der Waals surface area contributed by atoms with Gasteiger partial charge in [-0.15, -0.1) is 0 Å². The van der Waals surface area contributed by atoms with Crippen LogP contribution in [0.5, 0.6) is 0 Å². The highest BCUT2D eigenvalue weighted by Crippen LogP contribution is 2.26. The van der Waals surface area contributed by atoms with E-state index in [1.165, 1.54) is 12.8 Å². The second-order valence-corrected chi connectivity index (χ2v) is 3.58. The first-order valence-corrected chi connectivity index (χ1v) is 4.44. The minimum Gasteiger partial charge on any atom is -0.328 e. The highest BCUT2D eigenvalue weighted by Gasteiger charge is 2.22. The van der Waals surface area contributed by atoms with Crippen LogP contribution in [-0.2, 0) is 6.42 Å². The summed E-state index contributed by atoms with van der Waals surface area (Å²) in [6.07, 6.45) is 6.11. The fraction of sp³-hybridized carbons (Fsp3) is 0.750. The summed E-state index contributed by atoms with van der Waals surface area (Å²) in [4.78, 5) is 4.10. The lowest BCUT2D eigenvalue weighted by Gasteiger charge is -2.05. The molecule has 0 amide bonds. The Morgan fingerprint density at radius 3 is 3.08 bits per heavy atom. The van der Waals surface area contributed by atoms with Gasteiger partial charge >= 0.3 is 0 Å². The van der Waals surface area contributed by atoms with Crippen LogP contribution in [0.3, 0.4) is 0 Å². The minimum atomic E-state index is 0.415. The van der Waals surface area contributed by atoms with Gasteiger partial charge in [-0.3, -0.25) is 5.10 Å². The van der Waals surface area contributed by atoms with E-state index in [1.807, 2.05) is 0 Å². The molecule has 0 aromatic carbocycles. The predicted octanol–water partition coefficient (Wildman–Crippen LogP) is 0.475. The van der Waals surface area contributed by atoms with Crippen LogP contribution in [0, 0.1) is 5.92 Å². The van der Waals surface area contributed by atoms with Crippen molar-refractivity contribution in [2.75, 3.05) is 0 Å². The lowest BCUT2D eigenvalue weighted by molar-refractivity contribution is 0.521. The molecule has 1 fully saturated rings. The number of aromatic nitrogens is 3. The van der Waals surface area contributed by atoms with Crippen molar-refractivity contribution in [1.29, 1.82) is 0 Å². The number of H-pyrrole nitrogens is 1. The third-order valence-corrected chi connectivity index (χ3v) is 2.53. The Labute approximate surface area is 71.6 Å². The van der Waals surface area contributed by atoms with Crippen LogP contribution in [-0.4, -0.2) is 21.2 Å². The van der Waals surface area contributed by atoms with E-state index in [1.54, 1.807) is 6.33 Å². The maximum absolute atomic E-state index is 5.81. The first-order valence-electron chi connectivity index (χ1n) is 4.44. The average Bonchev–Trinajstić information content (AvgIpc) is 2.63. The van der Waals surface area contributed by atoms with Crippen LogP contribution in [0.1, 0.15) is 25.1 Å². The van der Waals surface area contributed by atoms with Crippen molar-refractivity contribution in [3.8, 4) is 0 Å². The van der Waals surface area contributed by atoms with E-state index in [0.29, 0.717) is 12.0 Å². The fourth-order valence-electron chi connectivity index (χ4n) is 1.90. The molecule has 2 atom stereocenters. The van der Waals surface area contributed by atoms with Gasteiger partial charge in [0.05, 0.1) is 0 Å². The van der Waals surface area contributed by atoms with Crippen LogP contribution in [0.2, 0.25) is 0 Å². The first kappa shape index (κ1) is 7.73. The van der Waals surface area contributed by atoms with E-state index in [4.69, 9.17) is 5.73 Å². The van der Waals surface area contributed by atoms with Crippen molar-refractivity contribution in [3.63, 3.8) is 0 Å². The molecule has 1 aliphatic rings. The van der Waals surface area contributed by atoms with Crippen molar-refractivity contribution >= 4 is 0 Å². The van der Waals surface area contributed by atoms with E-state index in [9.17, 15) is 0 Å². The zero-order chi connectivity index (χ0) is 8.39. The predicted molar refractivity (Wildman–Crippen MR) is 45.4 cm³/mol. The van der Waals surface area contributed by atoms with Crippen molar-refractivity contribution in [2.24, 2.45) is 11.7 Å². The van der Waals surface area contributed by atoms with Gasteiger partial charge in [0.25, 0.3) is 0 Å². The summed E-state index contributed by atoms with van der Waals surface area (Å²) in [6, 6.07) is 0.415. The van der Waals surface area contributed by atoms with E-state index >= 15 is 0 Å². The quantitative estimate of drug-likeness (QED) is 0.671. The molecule has 1 heterocycles. The Morgan fingerprint density at radius 2 is 2.50 bits per heavy atom. The maximum atomic E-state index is 5.81. The molecule has 0 radical (unpaired) electrons. The summed E-state index contributed by atoms with van der Waals surface area (Å²) in [5, 5.41) is 6.69. The highest BCUT2D eigenvalue weighted by atomic mass is 15.2. The van der Waals surface area contributed by atoms with Gasteiger partial charge in [-0.2, -0.15) is 5.10 Å².